The van der Waals surface area contributed by atoms with E-state index in [4.69, 9.17) is 9.32 Å². The van der Waals surface area contributed by atoms with E-state index in [1.807, 2.05) is 0 Å². The van der Waals surface area contributed by atoms with Crippen molar-refractivity contribution in [3.63, 3.8) is 0 Å². The summed E-state index contributed by atoms with van der Waals surface area (Å²) in [6, 6.07) is 0. The summed E-state index contributed by atoms with van der Waals surface area (Å²) in [7, 11) is 0. The van der Waals surface area contributed by atoms with Crippen LogP contribution in [0.2, 0.25) is 0 Å². The van der Waals surface area contributed by atoms with Crippen molar-refractivity contribution in [1.82, 2.24) is 0 Å². The van der Waals surface area contributed by atoms with Crippen molar-refractivity contribution < 1.29 is 15.0 Å². The average Bonchev–Trinajstić information content (AvgIpc) is 1.50. The van der Waals surface area contributed by atoms with Crippen LogP contribution in [0.1, 0.15) is 5.71 Å². The fraction of sp³-hybridized carbons (Fsp3) is 0. The largest absolute Gasteiger partial charge is 2.00 e. The first-order chi connectivity index (χ1) is 2.00. The van der Waals surface area contributed by atoms with Gasteiger partial charge in [-0.25, -0.2) is 0 Å². The zero-order chi connectivity index (χ0) is 4.00. The summed E-state index contributed by atoms with van der Waals surface area (Å²) in [5, 5.41) is 0. The van der Waals surface area contributed by atoms with E-state index in [2.05, 4.69) is 23.7 Å². The zero-order valence-corrected chi connectivity index (χ0v) is 8.99. The van der Waals surface area contributed by atoms with Gasteiger partial charge in [0.05, 0.1) is 23.7 Å². The molecule has 0 bridgehead atoms. The summed E-state index contributed by atoms with van der Waals surface area (Å²) in [5.74, 6) is 0. The molecule has 0 aliphatic rings. The SMILES string of the molecule is OCl.OCl.[Ca+2].[Ca+2].[H-].[H-].[H-].[H-]. The molecule has 0 aromatic rings. The van der Waals surface area contributed by atoms with E-state index >= 15 is 0 Å². The molecule has 0 rings (SSSR count). The van der Waals surface area contributed by atoms with Crippen LogP contribution in [0.4, 0.5) is 0 Å². The van der Waals surface area contributed by atoms with Crippen molar-refractivity contribution >= 4 is 99.2 Å². The summed E-state index contributed by atoms with van der Waals surface area (Å²) in [6.07, 6.45) is 0. The molecule has 6 heteroatoms. The summed E-state index contributed by atoms with van der Waals surface area (Å²) in [4.78, 5) is 0. The second-order valence-corrected chi connectivity index (χ2v) is 0. The van der Waals surface area contributed by atoms with Gasteiger partial charge in [0.15, 0.2) is 0 Å². The fourth-order valence-corrected chi connectivity index (χ4v) is 0. The van der Waals surface area contributed by atoms with E-state index in [1.165, 1.54) is 0 Å². The smallest absolute Gasteiger partial charge is 1.00 e. The Labute approximate surface area is 112 Å². The van der Waals surface area contributed by atoms with Gasteiger partial charge < -0.3 is 5.71 Å². The van der Waals surface area contributed by atoms with Crippen LogP contribution in [0.3, 0.4) is 0 Å². The molecule has 2 nitrogen and oxygen atoms in total. The van der Waals surface area contributed by atoms with Gasteiger partial charge in [0, 0.05) is 0 Å². The average molecular weight is 189 g/mol. The van der Waals surface area contributed by atoms with Crippen LogP contribution < -0.4 is 0 Å². The normalized spacial score (nSPS) is 2.00. The Bertz CT molecular complexity index is 19.2. The van der Waals surface area contributed by atoms with Crippen molar-refractivity contribution in [2.24, 2.45) is 0 Å². The van der Waals surface area contributed by atoms with E-state index in [0.29, 0.717) is 0 Å². The van der Waals surface area contributed by atoms with Crippen molar-refractivity contribution in [2.45, 2.75) is 0 Å². The molecule has 6 heavy (non-hydrogen) atoms. The van der Waals surface area contributed by atoms with Gasteiger partial charge in [0.25, 0.3) is 0 Å². The van der Waals surface area contributed by atoms with Gasteiger partial charge in [-0.05, 0) is 0 Å². The third-order valence-corrected chi connectivity index (χ3v) is 0. The number of hydrogen-bond acceptors (Lipinski definition) is 2. The molecule has 0 saturated heterocycles. The standard InChI is InChI=1S/2Ca.2ClHO.4H/c;;2*1-2;;;;/h;;2*2H;;;;/q2*+2;;;4*-1. The monoisotopic (exact) mass is 188 g/mol. The van der Waals surface area contributed by atoms with Crippen LogP contribution in [0.15, 0.2) is 0 Å². The maximum Gasteiger partial charge on any atom is 2.00 e. The van der Waals surface area contributed by atoms with Crippen molar-refractivity contribution in [2.75, 3.05) is 0 Å². The molecule has 0 unspecified atom stereocenters. The molecule has 0 fully saturated rings. The maximum absolute atomic E-state index is 6.47. The van der Waals surface area contributed by atoms with Crippen LogP contribution in [0.5, 0.6) is 0 Å². The van der Waals surface area contributed by atoms with Gasteiger partial charge in [-0.15, -0.1) is 0 Å². The molecule has 0 saturated carbocycles. The molecule has 2 N–H and O–H groups in total. The molecule has 0 aliphatic carbocycles. The third kappa shape index (κ3) is 27.9. The molecule has 0 heterocycles. The van der Waals surface area contributed by atoms with Crippen LogP contribution in [-0.4, -0.2) is 84.8 Å². The molecule has 0 radical (unpaired) electrons. The van der Waals surface area contributed by atoms with E-state index in [-0.39, 0.29) is 81.2 Å². The molecule has 0 aliphatic heterocycles. The van der Waals surface area contributed by atoms with E-state index < -0.39 is 0 Å². The van der Waals surface area contributed by atoms with Crippen LogP contribution in [-0.2, 0) is 0 Å². The Morgan fingerprint density at radius 2 is 0.833 bits per heavy atom. The first-order valence-electron chi connectivity index (χ1n) is 0.338. The molecule has 0 aromatic carbocycles. The predicted molar refractivity (Wildman–Crippen MR) is 32.1 cm³/mol. The first kappa shape index (κ1) is 23.0. The summed E-state index contributed by atoms with van der Waals surface area (Å²) < 4.78 is 12.9. The summed E-state index contributed by atoms with van der Waals surface area (Å²) in [6.45, 7) is 0. The van der Waals surface area contributed by atoms with Gasteiger partial charge in [-0.2, -0.15) is 0 Å². The minimum absolute atomic E-state index is 0. The minimum atomic E-state index is 0. The van der Waals surface area contributed by atoms with Crippen LogP contribution in [0, 0.1) is 0 Å². The molecule has 36 valence electrons. The third-order valence-electron chi connectivity index (χ3n) is 0. The molecule has 0 amide bonds. The Balaban J connectivity index is -0.000000000833. The van der Waals surface area contributed by atoms with Crippen molar-refractivity contribution in [3.8, 4) is 0 Å². The van der Waals surface area contributed by atoms with E-state index in [9.17, 15) is 0 Å². The van der Waals surface area contributed by atoms with Crippen molar-refractivity contribution in [1.29, 1.82) is 0 Å². The number of rotatable bonds is 0. The van der Waals surface area contributed by atoms with Gasteiger partial charge in [0.1, 0.15) is 0 Å². The first-order valence-corrected chi connectivity index (χ1v) is 1.01. The van der Waals surface area contributed by atoms with E-state index in [1.54, 1.807) is 0 Å². The predicted octanol–water partition coefficient (Wildman–Crippen LogP) is -0.0466. The molecule has 0 aromatic heterocycles. The minimum Gasteiger partial charge on any atom is -1.00 e. The Kier molecular flexibility index (Phi) is 166. The van der Waals surface area contributed by atoms with Gasteiger partial charge in [0.2, 0.25) is 0 Å². The zero-order valence-electron chi connectivity index (χ0n) is 7.06. The molecular formula is H6Ca2Cl2O2. The summed E-state index contributed by atoms with van der Waals surface area (Å²) in [5.41, 5.74) is 0. The van der Waals surface area contributed by atoms with Crippen molar-refractivity contribution in [3.05, 3.63) is 0 Å². The van der Waals surface area contributed by atoms with Gasteiger partial charge >= 0.3 is 75.5 Å². The Morgan fingerprint density at radius 3 is 0.833 bits per heavy atom. The molecular weight excluding hydrogens is 183 g/mol. The Morgan fingerprint density at radius 1 is 0.833 bits per heavy atom. The summed E-state index contributed by atoms with van der Waals surface area (Å²) >= 11 is 7.28. The molecule has 0 spiro atoms. The number of halogens is 2. The maximum atomic E-state index is 6.47. The quantitative estimate of drug-likeness (QED) is 0.524. The Hall–Kier alpha value is 3.02. The van der Waals surface area contributed by atoms with Gasteiger partial charge in [-0.3, -0.25) is 9.32 Å². The second-order valence-electron chi connectivity index (χ2n) is 0. The fourth-order valence-electron chi connectivity index (χ4n) is 0. The molecule has 0 atom stereocenters. The topological polar surface area (TPSA) is 40.5 Å². The van der Waals surface area contributed by atoms with Crippen LogP contribution >= 0.6 is 23.7 Å². The second kappa shape index (κ2) is 43.3. The van der Waals surface area contributed by atoms with E-state index in [0.717, 1.165) is 0 Å². The number of hydrogen-bond donors (Lipinski definition) is 2. The van der Waals surface area contributed by atoms with Crippen LogP contribution in [0.25, 0.3) is 0 Å². The van der Waals surface area contributed by atoms with Gasteiger partial charge in [-0.1, -0.05) is 0 Å².